The van der Waals surface area contributed by atoms with Crippen molar-refractivity contribution >= 4 is 33.4 Å². The predicted molar refractivity (Wildman–Crippen MR) is 104 cm³/mol. The quantitative estimate of drug-likeness (QED) is 0.713. The predicted octanol–water partition coefficient (Wildman–Crippen LogP) is 5.07. The van der Waals surface area contributed by atoms with Gasteiger partial charge in [0.05, 0.1) is 11.8 Å². The summed E-state index contributed by atoms with van der Waals surface area (Å²) in [5.41, 5.74) is 3.56. The molecule has 0 aromatic heterocycles. The smallest absolute Gasteiger partial charge is 0.188 e. The Bertz CT molecular complexity index is 779. The number of halogens is 1. The SMILES string of the molecule is CSCC[C@@H]1Oc2ccccc2[C@H]2CC(c3cccc(Br)c3)=NN12. The molecule has 3 nitrogen and oxygen atoms in total. The number of hydrazone groups is 1. The van der Waals surface area contributed by atoms with Gasteiger partial charge >= 0.3 is 0 Å². The Morgan fingerprint density at radius 3 is 2.96 bits per heavy atom. The van der Waals surface area contributed by atoms with Crippen LogP contribution in [0.2, 0.25) is 0 Å². The van der Waals surface area contributed by atoms with Crippen LogP contribution in [0.3, 0.4) is 0 Å². The zero-order valence-corrected chi connectivity index (χ0v) is 15.9. The summed E-state index contributed by atoms with van der Waals surface area (Å²) >= 11 is 5.41. The van der Waals surface area contributed by atoms with Crippen LogP contribution in [-0.2, 0) is 0 Å². The minimum Gasteiger partial charge on any atom is -0.469 e. The van der Waals surface area contributed by atoms with Crippen molar-refractivity contribution in [3.63, 3.8) is 0 Å². The molecule has 0 saturated carbocycles. The van der Waals surface area contributed by atoms with Crippen molar-refractivity contribution in [2.75, 3.05) is 12.0 Å². The lowest BCUT2D eigenvalue weighted by Gasteiger charge is -2.38. The summed E-state index contributed by atoms with van der Waals surface area (Å²) in [6, 6.07) is 17.0. The number of fused-ring (bicyclic) bond motifs is 3. The largest absolute Gasteiger partial charge is 0.469 e. The summed E-state index contributed by atoms with van der Waals surface area (Å²) in [6.07, 6.45) is 4.05. The number of thioether (sulfide) groups is 1. The molecule has 0 aliphatic carbocycles. The van der Waals surface area contributed by atoms with Crippen LogP contribution in [0.25, 0.3) is 0 Å². The summed E-state index contributed by atoms with van der Waals surface area (Å²) in [4.78, 5) is 0. The van der Waals surface area contributed by atoms with Gasteiger partial charge in [0.2, 0.25) is 0 Å². The van der Waals surface area contributed by atoms with Crippen LogP contribution in [-0.4, -0.2) is 29.0 Å². The maximum absolute atomic E-state index is 6.25. The standard InChI is InChI=1S/C19H19BrN2OS/c1-24-10-9-19-22-17(15-7-2-3-8-18(15)23-19)12-16(21-22)13-5-4-6-14(20)11-13/h2-8,11,17,19H,9-10,12H2,1H3/t17-,19+/m1/s1. The first-order chi connectivity index (χ1) is 11.8. The number of hydrogen-bond donors (Lipinski definition) is 0. The summed E-state index contributed by atoms with van der Waals surface area (Å²) in [5.74, 6) is 2.08. The first kappa shape index (κ1) is 16.0. The number of rotatable bonds is 4. The fraction of sp³-hybridized carbons (Fsp3) is 0.316. The van der Waals surface area contributed by atoms with E-state index in [1.54, 1.807) is 0 Å². The van der Waals surface area contributed by atoms with E-state index in [4.69, 9.17) is 9.84 Å². The fourth-order valence-electron chi connectivity index (χ4n) is 3.36. The van der Waals surface area contributed by atoms with Crippen molar-refractivity contribution in [2.24, 2.45) is 5.10 Å². The lowest BCUT2D eigenvalue weighted by molar-refractivity contribution is -0.0180. The van der Waals surface area contributed by atoms with Gasteiger partial charge in [0.15, 0.2) is 6.23 Å². The highest BCUT2D eigenvalue weighted by atomic mass is 79.9. The van der Waals surface area contributed by atoms with Crippen LogP contribution < -0.4 is 4.74 Å². The van der Waals surface area contributed by atoms with Crippen molar-refractivity contribution in [1.82, 2.24) is 5.01 Å². The van der Waals surface area contributed by atoms with Gasteiger partial charge in [0.25, 0.3) is 0 Å². The molecule has 0 bridgehead atoms. The zero-order valence-electron chi connectivity index (χ0n) is 13.5. The van der Waals surface area contributed by atoms with Gasteiger partial charge in [-0.25, -0.2) is 0 Å². The molecule has 2 aromatic rings. The Morgan fingerprint density at radius 1 is 1.25 bits per heavy atom. The molecule has 0 amide bonds. The third kappa shape index (κ3) is 2.95. The van der Waals surface area contributed by atoms with Crippen molar-refractivity contribution in [1.29, 1.82) is 0 Å². The van der Waals surface area contributed by atoms with Crippen LogP contribution >= 0.6 is 27.7 Å². The summed E-state index contributed by atoms with van der Waals surface area (Å²) in [7, 11) is 0. The van der Waals surface area contributed by atoms with E-state index < -0.39 is 0 Å². The number of nitrogens with zero attached hydrogens (tertiary/aromatic N) is 2. The van der Waals surface area contributed by atoms with Gasteiger partial charge in [-0.15, -0.1) is 0 Å². The highest BCUT2D eigenvalue weighted by molar-refractivity contribution is 9.10. The maximum Gasteiger partial charge on any atom is 0.188 e. The highest BCUT2D eigenvalue weighted by Gasteiger charge is 2.39. The number of para-hydroxylation sites is 1. The Labute approximate surface area is 155 Å². The van der Waals surface area contributed by atoms with Crippen molar-refractivity contribution in [3.05, 3.63) is 64.1 Å². The molecule has 2 aromatic carbocycles. The molecule has 5 heteroatoms. The van der Waals surface area contributed by atoms with Gasteiger partial charge in [-0.05, 0) is 35.8 Å². The van der Waals surface area contributed by atoms with E-state index in [-0.39, 0.29) is 12.3 Å². The molecule has 24 heavy (non-hydrogen) atoms. The third-order valence-electron chi connectivity index (χ3n) is 4.51. The maximum atomic E-state index is 6.25. The Kier molecular flexibility index (Phi) is 4.55. The number of hydrogen-bond acceptors (Lipinski definition) is 4. The summed E-state index contributed by atoms with van der Waals surface area (Å²) < 4.78 is 7.34. The summed E-state index contributed by atoms with van der Waals surface area (Å²) in [5, 5.41) is 7.12. The lowest BCUT2D eigenvalue weighted by Crippen LogP contribution is -2.40. The molecule has 0 radical (unpaired) electrons. The molecule has 2 aliphatic heterocycles. The fourth-order valence-corrected chi connectivity index (χ4v) is 4.20. The second-order valence-corrected chi connectivity index (χ2v) is 7.95. The van der Waals surface area contributed by atoms with Gasteiger partial charge in [-0.2, -0.15) is 16.9 Å². The summed E-state index contributed by atoms with van der Waals surface area (Å²) in [6.45, 7) is 0. The second-order valence-electron chi connectivity index (χ2n) is 6.05. The zero-order chi connectivity index (χ0) is 16.5. The normalized spacial score (nSPS) is 21.8. The van der Waals surface area contributed by atoms with Crippen molar-refractivity contribution in [3.8, 4) is 5.75 Å². The van der Waals surface area contributed by atoms with Crippen molar-refractivity contribution < 1.29 is 4.74 Å². The van der Waals surface area contributed by atoms with Crippen LogP contribution in [0.1, 0.15) is 30.0 Å². The van der Waals surface area contributed by atoms with E-state index in [1.165, 1.54) is 11.1 Å². The second kappa shape index (κ2) is 6.81. The Hall–Kier alpha value is -1.46. The molecule has 2 heterocycles. The topological polar surface area (TPSA) is 24.8 Å². The van der Waals surface area contributed by atoms with Crippen molar-refractivity contribution in [2.45, 2.75) is 25.1 Å². The minimum atomic E-state index is 0.0157. The van der Waals surface area contributed by atoms with Crippen LogP contribution in [0.5, 0.6) is 5.75 Å². The average Bonchev–Trinajstić information content (AvgIpc) is 3.05. The van der Waals surface area contributed by atoms with Crippen LogP contribution in [0, 0.1) is 0 Å². The monoisotopic (exact) mass is 402 g/mol. The molecular formula is C19H19BrN2OS. The van der Waals surface area contributed by atoms with E-state index in [9.17, 15) is 0 Å². The van der Waals surface area contributed by atoms with Gasteiger partial charge in [-0.1, -0.05) is 46.3 Å². The number of ether oxygens (including phenoxy) is 1. The van der Waals surface area contributed by atoms with Gasteiger partial charge in [0, 0.05) is 22.9 Å². The van der Waals surface area contributed by atoms with E-state index in [1.807, 2.05) is 23.9 Å². The lowest BCUT2D eigenvalue weighted by atomic mass is 9.96. The van der Waals surface area contributed by atoms with E-state index in [0.29, 0.717) is 0 Å². The van der Waals surface area contributed by atoms with Gasteiger partial charge in [0.1, 0.15) is 5.75 Å². The van der Waals surface area contributed by atoms with E-state index >= 15 is 0 Å². The highest BCUT2D eigenvalue weighted by Crippen LogP contribution is 2.43. The molecule has 0 fully saturated rings. The van der Waals surface area contributed by atoms with Crippen LogP contribution in [0.15, 0.2) is 58.1 Å². The number of benzene rings is 2. The molecule has 0 spiro atoms. The molecule has 0 N–H and O–H groups in total. The van der Waals surface area contributed by atoms with E-state index in [2.05, 4.69) is 63.6 Å². The Morgan fingerprint density at radius 2 is 2.12 bits per heavy atom. The average molecular weight is 403 g/mol. The molecule has 0 saturated heterocycles. The first-order valence-electron chi connectivity index (χ1n) is 8.12. The molecule has 4 rings (SSSR count). The Balaban J connectivity index is 1.69. The van der Waals surface area contributed by atoms with Gasteiger partial charge < -0.3 is 4.74 Å². The molecule has 124 valence electrons. The van der Waals surface area contributed by atoms with E-state index in [0.717, 1.165) is 34.5 Å². The third-order valence-corrected chi connectivity index (χ3v) is 5.64. The minimum absolute atomic E-state index is 0.0157. The van der Waals surface area contributed by atoms with Crippen LogP contribution in [0.4, 0.5) is 0 Å². The molecule has 2 atom stereocenters. The molecule has 2 aliphatic rings. The first-order valence-corrected chi connectivity index (χ1v) is 10.3. The molecular weight excluding hydrogens is 384 g/mol. The molecule has 0 unspecified atom stereocenters. The van der Waals surface area contributed by atoms with Gasteiger partial charge in [-0.3, -0.25) is 5.01 Å².